The van der Waals surface area contributed by atoms with Crippen LogP contribution >= 0.6 is 22.6 Å². The van der Waals surface area contributed by atoms with Crippen LogP contribution < -0.4 is 4.90 Å². The summed E-state index contributed by atoms with van der Waals surface area (Å²) in [5, 5.41) is 0. The smallest absolute Gasteiger partial charge is 0.0506 e. The maximum absolute atomic E-state index is 2.45. The van der Waals surface area contributed by atoms with Crippen LogP contribution in [0.3, 0.4) is 0 Å². The van der Waals surface area contributed by atoms with Gasteiger partial charge in [0.1, 0.15) is 0 Å². The highest BCUT2D eigenvalue weighted by atomic mass is 127. The average molecular weight is 303 g/mol. The van der Waals surface area contributed by atoms with Gasteiger partial charge in [-0.05, 0) is 62.4 Å². The fraction of sp³-hybridized carbons (Fsp3) is 0.500. The molecule has 0 bridgehead atoms. The Morgan fingerprint density at radius 1 is 1.00 bits per heavy atom. The Bertz CT molecular complexity index is 286. The quantitative estimate of drug-likeness (QED) is 0.765. The van der Waals surface area contributed by atoms with Crippen molar-refractivity contribution < 1.29 is 0 Å². The molecule has 0 amide bonds. The number of hydrogen-bond acceptors (Lipinski definition) is 1. The number of hydrogen-bond donors (Lipinski definition) is 0. The van der Waals surface area contributed by atoms with E-state index in [2.05, 4.69) is 79.5 Å². The second-order valence-corrected chi connectivity index (χ2v) is 5.21. The molecule has 0 radical (unpaired) electrons. The standard InChI is InChI=1S/C12H18IN/c1-9(2)14(10(3)4)12-8-6-5-7-11(12)13/h5-10H,1-4H3. The molecule has 0 aliphatic rings. The predicted octanol–water partition coefficient (Wildman–Crippen LogP) is 3.91. The maximum atomic E-state index is 2.45. The van der Waals surface area contributed by atoms with Crippen LogP contribution in [0.1, 0.15) is 27.7 Å². The van der Waals surface area contributed by atoms with E-state index in [4.69, 9.17) is 0 Å². The lowest BCUT2D eigenvalue weighted by molar-refractivity contribution is 0.607. The van der Waals surface area contributed by atoms with E-state index in [1.807, 2.05) is 0 Å². The molecule has 0 unspecified atom stereocenters. The van der Waals surface area contributed by atoms with E-state index < -0.39 is 0 Å². The van der Waals surface area contributed by atoms with E-state index in [-0.39, 0.29) is 0 Å². The summed E-state index contributed by atoms with van der Waals surface area (Å²) < 4.78 is 1.33. The fourth-order valence-corrected chi connectivity index (χ4v) is 2.48. The van der Waals surface area contributed by atoms with Gasteiger partial charge >= 0.3 is 0 Å². The van der Waals surface area contributed by atoms with Crippen LogP contribution in [0.2, 0.25) is 0 Å². The third kappa shape index (κ3) is 2.62. The molecule has 0 saturated carbocycles. The highest BCUT2D eigenvalue weighted by Crippen LogP contribution is 2.25. The Hall–Kier alpha value is -0.250. The molecule has 0 aromatic heterocycles. The van der Waals surface area contributed by atoms with Gasteiger partial charge in [-0.1, -0.05) is 12.1 Å². The summed E-state index contributed by atoms with van der Waals surface area (Å²) >= 11 is 2.40. The highest BCUT2D eigenvalue weighted by molar-refractivity contribution is 14.1. The molecule has 1 aromatic rings. The zero-order valence-corrected chi connectivity index (χ0v) is 11.4. The molecule has 78 valence electrons. The lowest BCUT2D eigenvalue weighted by Crippen LogP contribution is -2.37. The van der Waals surface area contributed by atoms with Crippen LogP contribution in [0.4, 0.5) is 5.69 Å². The molecule has 0 heterocycles. The van der Waals surface area contributed by atoms with Gasteiger partial charge in [-0.3, -0.25) is 0 Å². The number of anilines is 1. The molecule has 0 N–H and O–H groups in total. The number of rotatable bonds is 3. The van der Waals surface area contributed by atoms with Crippen LogP contribution in [0, 0.1) is 3.57 Å². The summed E-state index contributed by atoms with van der Waals surface area (Å²) in [7, 11) is 0. The predicted molar refractivity (Wildman–Crippen MR) is 71.9 cm³/mol. The summed E-state index contributed by atoms with van der Waals surface area (Å²) in [5.74, 6) is 0. The first-order valence-corrected chi connectivity index (χ1v) is 6.14. The Morgan fingerprint density at radius 2 is 1.50 bits per heavy atom. The molecule has 0 spiro atoms. The normalized spacial score (nSPS) is 11.1. The maximum Gasteiger partial charge on any atom is 0.0506 e. The van der Waals surface area contributed by atoms with Crippen LogP contribution in [-0.4, -0.2) is 12.1 Å². The van der Waals surface area contributed by atoms with E-state index >= 15 is 0 Å². The minimum atomic E-state index is 0.547. The molecule has 1 nitrogen and oxygen atoms in total. The van der Waals surface area contributed by atoms with Gasteiger partial charge in [0.25, 0.3) is 0 Å². The van der Waals surface area contributed by atoms with E-state index in [9.17, 15) is 0 Å². The zero-order valence-electron chi connectivity index (χ0n) is 9.29. The van der Waals surface area contributed by atoms with Gasteiger partial charge in [-0.25, -0.2) is 0 Å². The minimum Gasteiger partial charge on any atom is -0.366 e. The number of nitrogens with zero attached hydrogens (tertiary/aromatic N) is 1. The van der Waals surface area contributed by atoms with E-state index in [0.717, 1.165) is 0 Å². The Kier molecular flexibility index (Phi) is 4.23. The van der Waals surface area contributed by atoms with Gasteiger partial charge in [0.05, 0.1) is 5.69 Å². The second kappa shape index (κ2) is 5.01. The summed E-state index contributed by atoms with van der Waals surface area (Å²) in [6.07, 6.45) is 0. The number of benzene rings is 1. The Labute approximate surface area is 101 Å². The number of halogens is 1. The van der Waals surface area contributed by atoms with Crippen LogP contribution in [0.25, 0.3) is 0 Å². The van der Waals surface area contributed by atoms with Gasteiger partial charge in [0, 0.05) is 15.7 Å². The van der Waals surface area contributed by atoms with Crippen molar-refractivity contribution in [2.45, 2.75) is 39.8 Å². The molecule has 1 rings (SSSR count). The third-order valence-corrected chi connectivity index (χ3v) is 3.16. The first kappa shape index (κ1) is 11.8. The summed E-state index contributed by atoms with van der Waals surface area (Å²) in [5.41, 5.74) is 1.35. The Balaban J connectivity index is 3.05. The van der Waals surface area contributed by atoms with Crippen LogP contribution in [-0.2, 0) is 0 Å². The van der Waals surface area contributed by atoms with Crippen molar-refractivity contribution in [2.75, 3.05) is 4.90 Å². The van der Waals surface area contributed by atoms with Gasteiger partial charge in [-0.15, -0.1) is 0 Å². The lowest BCUT2D eigenvalue weighted by atomic mass is 10.2. The van der Waals surface area contributed by atoms with Crippen molar-refractivity contribution in [3.8, 4) is 0 Å². The van der Waals surface area contributed by atoms with E-state index in [0.29, 0.717) is 12.1 Å². The molecule has 0 aliphatic carbocycles. The molecule has 0 atom stereocenters. The molecule has 0 saturated heterocycles. The third-order valence-electron chi connectivity index (χ3n) is 2.24. The van der Waals surface area contributed by atoms with Crippen LogP contribution in [0.15, 0.2) is 24.3 Å². The van der Waals surface area contributed by atoms with Crippen LogP contribution in [0.5, 0.6) is 0 Å². The van der Waals surface area contributed by atoms with Crippen molar-refractivity contribution in [1.82, 2.24) is 0 Å². The summed E-state index contributed by atoms with van der Waals surface area (Å²) in [6.45, 7) is 8.96. The average Bonchev–Trinajstić information content (AvgIpc) is 2.07. The molecule has 2 heteroatoms. The molecule has 1 aromatic carbocycles. The van der Waals surface area contributed by atoms with Gasteiger partial charge in [-0.2, -0.15) is 0 Å². The molecular formula is C12H18IN. The van der Waals surface area contributed by atoms with Gasteiger partial charge in [0.2, 0.25) is 0 Å². The van der Waals surface area contributed by atoms with E-state index in [1.165, 1.54) is 9.26 Å². The summed E-state index contributed by atoms with van der Waals surface area (Å²) in [4.78, 5) is 2.45. The largest absolute Gasteiger partial charge is 0.366 e. The lowest BCUT2D eigenvalue weighted by Gasteiger charge is -2.33. The molecule has 0 aliphatic heterocycles. The SMILES string of the molecule is CC(C)N(c1ccccc1I)C(C)C. The topological polar surface area (TPSA) is 3.24 Å². The van der Waals surface area contributed by atoms with Crippen molar-refractivity contribution in [3.63, 3.8) is 0 Å². The van der Waals surface area contributed by atoms with Crippen molar-refractivity contribution in [3.05, 3.63) is 27.8 Å². The molecule has 14 heavy (non-hydrogen) atoms. The van der Waals surface area contributed by atoms with Crippen molar-refractivity contribution in [2.24, 2.45) is 0 Å². The molecular weight excluding hydrogens is 285 g/mol. The van der Waals surface area contributed by atoms with Gasteiger partial charge in [0.15, 0.2) is 0 Å². The zero-order chi connectivity index (χ0) is 10.7. The monoisotopic (exact) mass is 303 g/mol. The first-order chi connectivity index (χ1) is 6.54. The van der Waals surface area contributed by atoms with E-state index in [1.54, 1.807) is 0 Å². The Morgan fingerprint density at radius 3 is 1.93 bits per heavy atom. The second-order valence-electron chi connectivity index (χ2n) is 4.05. The van der Waals surface area contributed by atoms with Crippen molar-refractivity contribution >= 4 is 28.3 Å². The first-order valence-electron chi connectivity index (χ1n) is 5.07. The molecule has 0 fully saturated rings. The van der Waals surface area contributed by atoms with Gasteiger partial charge < -0.3 is 4.90 Å². The number of para-hydroxylation sites is 1. The van der Waals surface area contributed by atoms with Crippen molar-refractivity contribution in [1.29, 1.82) is 0 Å². The fourth-order valence-electron chi connectivity index (χ4n) is 1.81. The minimum absolute atomic E-state index is 0.547. The summed E-state index contributed by atoms with van der Waals surface area (Å²) in [6, 6.07) is 9.64. The highest BCUT2D eigenvalue weighted by Gasteiger charge is 2.15.